The molecule has 0 amide bonds. The van der Waals surface area contributed by atoms with Crippen LogP contribution >= 0.6 is 31.9 Å². The van der Waals surface area contributed by atoms with Crippen LogP contribution < -0.4 is 4.74 Å². The van der Waals surface area contributed by atoms with Crippen molar-refractivity contribution >= 4 is 49.0 Å². The summed E-state index contributed by atoms with van der Waals surface area (Å²) in [6.45, 7) is -0.133. The molecular formula is C20H22Br2O6. The van der Waals surface area contributed by atoms with Crippen molar-refractivity contribution in [3.8, 4) is 5.75 Å². The van der Waals surface area contributed by atoms with Gasteiger partial charge < -0.3 is 19.7 Å². The Balaban J connectivity index is 2.53. The molecule has 0 spiro atoms. The molecule has 0 saturated carbocycles. The number of hydrogen-bond acceptors (Lipinski definition) is 6. The minimum absolute atomic E-state index is 0.0147. The molecule has 0 aromatic heterocycles. The predicted molar refractivity (Wildman–Crippen MR) is 113 cm³/mol. The van der Waals surface area contributed by atoms with Crippen LogP contribution in [0.4, 0.5) is 0 Å². The van der Waals surface area contributed by atoms with Gasteiger partial charge >= 0.3 is 0 Å². The number of alkyl halides is 2. The standard InChI is InChI=1S/C20H22Br2O6/c21-11-17(25)13-1-3-15(19(9-13)27-7-5-23)16-4-2-14(18(26)12-22)10-20(16)28-8-6-24/h1,3,9-10,23-24H,2,4-8,11-12H2. The number of carbonyl (C=O) groups excluding carboxylic acids is 2. The molecule has 0 heterocycles. The number of halogens is 2. The highest BCUT2D eigenvalue weighted by Crippen LogP contribution is 2.37. The molecule has 0 unspecified atom stereocenters. The van der Waals surface area contributed by atoms with E-state index in [4.69, 9.17) is 19.7 Å². The average Bonchev–Trinajstić information content (AvgIpc) is 2.74. The Morgan fingerprint density at radius 2 is 1.64 bits per heavy atom. The van der Waals surface area contributed by atoms with Crippen LogP contribution in [-0.2, 0) is 9.53 Å². The van der Waals surface area contributed by atoms with Crippen LogP contribution in [0.5, 0.6) is 5.75 Å². The van der Waals surface area contributed by atoms with Crippen molar-refractivity contribution in [3.05, 3.63) is 46.7 Å². The number of aliphatic hydroxyl groups excluding tert-OH is 2. The summed E-state index contributed by atoms with van der Waals surface area (Å²) < 4.78 is 11.4. The van der Waals surface area contributed by atoms with Crippen molar-refractivity contribution in [3.63, 3.8) is 0 Å². The van der Waals surface area contributed by atoms with Gasteiger partial charge in [0, 0.05) is 22.3 Å². The molecule has 1 aliphatic rings. The zero-order valence-electron chi connectivity index (χ0n) is 15.2. The molecule has 0 fully saturated rings. The fourth-order valence-electron chi connectivity index (χ4n) is 2.86. The van der Waals surface area contributed by atoms with Gasteiger partial charge in [0.25, 0.3) is 0 Å². The molecule has 0 saturated heterocycles. The second-order valence-electron chi connectivity index (χ2n) is 5.98. The maximum absolute atomic E-state index is 12.1. The summed E-state index contributed by atoms with van der Waals surface area (Å²) in [4.78, 5) is 24.1. The SMILES string of the molecule is O=C(CBr)C1=CC(OCCO)=C(c2ccc(C(=O)CBr)cc2OCCO)CC1. The van der Waals surface area contributed by atoms with Crippen LogP contribution in [0.25, 0.3) is 5.57 Å². The number of Topliss-reactive ketones (excluding diaryl/α,β-unsaturated/α-hetero) is 2. The largest absolute Gasteiger partial charge is 0.491 e. The van der Waals surface area contributed by atoms with Crippen LogP contribution in [-0.4, -0.2) is 58.9 Å². The number of benzene rings is 1. The summed E-state index contributed by atoms with van der Waals surface area (Å²) >= 11 is 6.35. The maximum Gasteiger partial charge on any atom is 0.173 e. The van der Waals surface area contributed by atoms with E-state index < -0.39 is 0 Å². The number of allylic oxidation sites excluding steroid dienone is 3. The summed E-state index contributed by atoms with van der Waals surface area (Å²) in [6.07, 6.45) is 2.80. The number of rotatable bonds is 11. The molecule has 2 rings (SSSR count). The molecule has 1 aromatic carbocycles. The summed E-state index contributed by atoms with van der Waals surface area (Å²) in [6, 6.07) is 5.14. The van der Waals surface area contributed by atoms with E-state index in [0.717, 1.165) is 11.1 Å². The van der Waals surface area contributed by atoms with Crippen LogP contribution in [0.3, 0.4) is 0 Å². The van der Waals surface area contributed by atoms with E-state index in [1.165, 1.54) is 0 Å². The molecule has 0 atom stereocenters. The monoisotopic (exact) mass is 516 g/mol. The van der Waals surface area contributed by atoms with E-state index in [2.05, 4.69) is 31.9 Å². The van der Waals surface area contributed by atoms with E-state index in [9.17, 15) is 9.59 Å². The molecule has 1 aromatic rings. The van der Waals surface area contributed by atoms with Crippen molar-refractivity contribution in [2.75, 3.05) is 37.1 Å². The van der Waals surface area contributed by atoms with E-state index in [0.29, 0.717) is 35.5 Å². The smallest absolute Gasteiger partial charge is 0.173 e. The summed E-state index contributed by atoms with van der Waals surface area (Å²) in [5, 5.41) is 18.7. The highest BCUT2D eigenvalue weighted by molar-refractivity contribution is 9.09. The first-order valence-corrected chi connectivity index (χ1v) is 11.0. The Bertz CT molecular complexity index is 785. The highest BCUT2D eigenvalue weighted by atomic mass is 79.9. The van der Waals surface area contributed by atoms with Gasteiger partial charge in [-0.25, -0.2) is 0 Å². The molecule has 0 radical (unpaired) electrons. The van der Waals surface area contributed by atoms with E-state index >= 15 is 0 Å². The van der Waals surface area contributed by atoms with Gasteiger partial charge in [0.05, 0.1) is 23.9 Å². The van der Waals surface area contributed by atoms with Crippen LogP contribution in [0.15, 0.2) is 35.6 Å². The zero-order chi connectivity index (χ0) is 20.5. The molecule has 1 aliphatic carbocycles. The first kappa shape index (κ1) is 22.8. The number of aliphatic hydroxyl groups is 2. The Hall–Kier alpha value is -1.48. The van der Waals surface area contributed by atoms with Gasteiger partial charge in [-0.15, -0.1) is 0 Å². The molecule has 8 heteroatoms. The topological polar surface area (TPSA) is 93.1 Å². The molecule has 6 nitrogen and oxygen atoms in total. The zero-order valence-corrected chi connectivity index (χ0v) is 18.4. The third kappa shape index (κ3) is 5.76. The molecule has 2 N–H and O–H groups in total. The molecular weight excluding hydrogens is 496 g/mol. The van der Waals surface area contributed by atoms with Crippen molar-refractivity contribution in [2.24, 2.45) is 0 Å². The van der Waals surface area contributed by atoms with Crippen molar-refractivity contribution in [1.29, 1.82) is 0 Å². The van der Waals surface area contributed by atoms with Gasteiger partial charge in [-0.3, -0.25) is 9.59 Å². The normalized spacial score (nSPS) is 13.9. The third-order valence-electron chi connectivity index (χ3n) is 4.17. The molecule has 152 valence electrons. The number of carbonyl (C=O) groups is 2. The van der Waals surface area contributed by atoms with Gasteiger partial charge in [0.1, 0.15) is 24.7 Å². The molecule has 28 heavy (non-hydrogen) atoms. The minimum Gasteiger partial charge on any atom is -0.491 e. The fraction of sp³-hybridized carbons (Fsp3) is 0.400. The highest BCUT2D eigenvalue weighted by Gasteiger charge is 2.23. The van der Waals surface area contributed by atoms with E-state index in [-0.39, 0.29) is 48.7 Å². The number of hydrogen-bond donors (Lipinski definition) is 2. The van der Waals surface area contributed by atoms with Crippen LogP contribution in [0, 0.1) is 0 Å². The lowest BCUT2D eigenvalue weighted by molar-refractivity contribution is -0.113. The van der Waals surface area contributed by atoms with Gasteiger partial charge in [-0.1, -0.05) is 44.0 Å². The van der Waals surface area contributed by atoms with Gasteiger partial charge in [0.15, 0.2) is 11.6 Å². The minimum atomic E-state index is -0.160. The Morgan fingerprint density at radius 1 is 0.964 bits per heavy atom. The van der Waals surface area contributed by atoms with Crippen LogP contribution in [0.1, 0.15) is 28.8 Å². The second-order valence-corrected chi connectivity index (χ2v) is 7.10. The van der Waals surface area contributed by atoms with Gasteiger partial charge in [0.2, 0.25) is 0 Å². The Kier molecular flexibility index (Phi) is 9.37. The lowest BCUT2D eigenvalue weighted by Gasteiger charge is -2.22. The lowest BCUT2D eigenvalue weighted by atomic mass is 9.89. The summed E-state index contributed by atoms with van der Waals surface area (Å²) in [5.74, 6) is 0.863. The van der Waals surface area contributed by atoms with Crippen molar-refractivity contribution in [2.45, 2.75) is 12.8 Å². The van der Waals surface area contributed by atoms with E-state index in [1.807, 2.05) is 0 Å². The lowest BCUT2D eigenvalue weighted by Crippen LogP contribution is -2.13. The second kappa shape index (κ2) is 11.5. The van der Waals surface area contributed by atoms with Gasteiger partial charge in [-0.2, -0.15) is 0 Å². The maximum atomic E-state index is 12.1. The predicted octanol–water partition coefficient (Wildman–Crippen LogP) is 3.04. The molecule has 0 aliphatic heterocycles. The van der Waals surface area contributed by atoms with Crippen molar-refractivity contribution < 1.29 is 29.3 Å². The number of ether oxygens (including phenoxy) is 2. The van der Waals surface area contributed by atoms with E-state index in [1.54, 1.807) is 24.3 Å². The Morgan fingerprint density at radius 3 is 2.29 bits per heavy atom. The quantitative estimate of drug-likeness (QED) is 0.346. The first-order valence-electron chi connectivity index (χ1n) is 8.79. The van der Waals surface area contributed by atoms with Crippen molar-refractivity contribution in [1.82, 2.24) is 0 Å². The first-order chi connectivity index (χ1) is 13.5. The van der Waals surface area contributed by atoms with Gasteiger partial charge in [-0.05, 0) is 25.0 Å². The summed E-state index contributed by atoms with van der Waals surface area (Å²) in [5.41, 5.74) is 2.70. The fourth-order valence-corrected chi connectivity index (χ4v) is 3.54. The third-order valence-corrected chi connectivity index (χ3v) is 5.19. The Labute approximate surface area is 180 Å². The van der Waals surface area contributed by atoms with Crippen LogP contribution in [0.2, 0.25) is 0 Å². The average molecular weight is 518 g/mol. The number of ketones is 2. The summed E-state index contributed by atoms with van der Waals surface area (Å²) in [7, 11) is 0. The molecule has 0 bridgehead atoms.